The fraction of sp³-hybridized carbons (Fsp3) is 0.0500. The topological polar surface area (TPSA) is 101 Å². The van der Waals surface area contributed by atoms with E-state index in [4.69, 9.17) is 34.8 Å². The van der Waals surface area contributed by atoms with E-state index in [0.717, 1.165) is 11.5 Å². The maximum absolute atomic E-state index is 13.0. The standard InChI is InChI=1S/C20H13Cl3N4O3S2/c21-12-3-4-17(27-32(29,30)20-15-10-26-31-18(15)5-6-24-20)14(7-12)19(28)25-9-11-1-2-13(22)8-16(11)23/h1-8,10,27H,9H2,(H,25,28). The third kappa shape index (κ3) is 4.82. The summed E-state index contributed by atoms with van der Waals surface area (Å²) in [5, 5.41) is 4.06. The zero-order chi connectivity index (χ0) is 22.9. The largest absolute Gasteiger partial charge is 0.348 e. The normalized spacial score (nSPS) is 11.5. The molecule has 0 spiro atoms. The second-order valence-electron chi connectivity index (χ2n) is 6.57. The molecule has 12 heteroatoms. The van der Waals surface area contributed by atoms with Gasteiger partial charge in [0, 0.05) is 27.8 Å². The third-order valence-corrected chi connectivity index (χ3v) is 7.33. The number of fused-ring (bicyclic) bond motifs is 1. The lowest BCUT2D eigenvalue weighted by atomic mass is 10.1. The minimum Gasteiger partial charge on any atom is -0.348 e. The van der Waals surface area contributed by atoms with E-state index in [0.29, 0.717) is 25.7 Å². The summed E-state index contributed by atoms with van der Waals surface area (Å²) in [6.45, 7) is 0.106. The van der Waals surface area contributed by atoms with E-state index in [1.165, 1.54) is 30.6 Å². The van der Waals surface area contributed by atoms with Crippen LogP contribution in [0.5, 0.6) is 0 Å². The van der Waals surface area contributed by atoms with Crippen LogP contribution in [0.3, 0.4) is 0 Å². The van der Waals surface area contributed by atoms with Crippen LogP contribution >= 0.6 is 46.3 Å². The van der Waals surface area contributed by atoms with Crippen molar-refractivity contribution in [1.82, 2.24) is 14.7 Å². The number of halogens is 3. The third-order valence-electron chi connectivity index (χ3n) is 4.43. The van der Waals surface area contributed by atoms with E-state index in [9.17, 15) is 13.2 Å². The summed E-state index contributed by atoms with van der Waals surface area (Å²) in [6, 6.07) is 10.8. The summed E-state index contributed by atoms with van der Waals surface area (Å²) in [7, 11) is -4.11. The zero-order valence-corrected chi connectivity index (χ0v) is 19.9. The van der Waals surface area contributed by atoms with Crippen molar-refractivity contribution in [3.8, 4) is 0 Å². The Bertz CT molecular complexity index is 1440. The number of rotatable bonds is 6. The molecule has 0 saturated heterocycles. The number of amides is 1. The Kier molecular flexibility index (Phi) is 6.55. The molecule has 0 atom stereocenters. The van der Waals surface area contributed by atoms with Gasteiger partial charge in [-0.25, -0.2) is 4.98 Å². The maximum Gasteiger partial charge on any atom is 0.280 e. The van der Waals surface area contributed by atoms with E-state index in [-0.39, 0.29) is 27.8 Å². The number of aromatic nitrogens is 2. The van der Waals surface area contributed by atoms with E-state index < -0.39 is 15.9 Å². The number of hydrogen-bond donors (Lipinski definition) is 2. The van der Waals surface area contributed by atoms with Gasteiger partial charge < -0.3 is 5.32 Å². The van der Waals surface area contributed by atoms with E-state index in [1.54, 1.807) is 24.3 Å². The molecule has 4 rings (SSSR count). The quantitative estimate of drug-likeness (QED) is 0.350. The monoisotopic (exact) mass is 526 g/mol. The molecule has 1 amide bonds. The van der Waals surface area contributed by atoms with Gasteiger partial charge in [-0.2, -0.15) is 12.8 Å². The molecule has 4 aromatic rings. The van der Waals surface area contributed by atoms with Crippen LogP contribution in [0.1, 0.15) is 15.9 Å². The van der Waals surface area contributed by atoms with Gasteiger partial charge in [-0.3, -0.25) is 9.52 Å². The van der Waals surface area contributed by atoms with Crippen molar-refractivity contribution in [2.45, 2.75) is 11.6 Å². The molecule has 0 aliphatic carbocycles. The summed E-state index contributed by atoms with van der Waals surface area (Å²) in [5.74, 6) is -0.542. The lowest BCUT2D eigenvalue weighted by Gasteiger charge is -2.14. The first kappa shape index (κ1) is 22.8. The minimum atomic E-state index is -4.11. The minimum absolute atomic E-state index is 0.0433. The Morgan fingerprint density at radius 1 is 1.03 bits per heavy atom. The van der Waals surface area contributed by atoms with E-state index in [2.05, 4.69) is 19.4 Å². The van der Waals surface area contributed by atoms with Crippen LogP contribution in [-0.2, 0) is 16.6 Å². The molecular weight excluding hydrogens is 515 g/mol. The molecule has 32 heavy (non-hydrogen) atoms. The first-order chi connectivity index (χ1) is 15.2. The lowest BCUT2D eigenvalue weighted by Crippen LogP contribution is -2.25. The number of nitrogens with one attached hydrogen (secondary N) is 2. The molecule has 0 radical (unpaired) electrons. The summed E-state index contributed by atoms with van der Waals surface area (Å²) in [5.41, 5.74) is 0.743. The molecular formula is C20H13Cl3N4O3S2. The van der Waals surface area contributed by atoms with Gasteiger partial charge in [-0.15, -0.1) is 0 Å². The highest BCUT2D eigenvalue weighted by molar-refractivity contribution is 7.92. The first-order valence-corrected chi connectivity index (χ1v) is 12.4. The Morgan fingerprint density at radius 3 is 2.56 bits per heavy atom. The van der Waals surface area contributed by atoms with Crippen LogP contribution in [0.2, 0.25) is 15.1 Å². The predicted molar refractivity (Wildman–Crippen MR) is 127 cm³/mol. The van der Waals surface area contributed by atoms with Gasteiger partial charge in [0.2, 0.25) is 0 Å². The van der Waals surface area contributed by atoms with Crippen molar-refractivity contribution in [2.75, 3.05) is 4.72 Å². The molecule has 2 heterocycles. The molecule has 2 aromatic carbocycles. The summed E-state index contributed by atoms with van der Waals surface area (Å²) in [4.78, 5) is 16.9. The smallest absolute Gasteiger partial charge is 0.280 e. The van der Waals surface area contributed by atoms with E-state index >= 15 is 0 Å². The number of carbonyl (C=O) groups is 1. The average Bonchev–Trinajstić information content (AvgIpc) is 3.23. The molecule has 0 bridgehead atoms. The van der Waals surface area contributed by atoms with Gasteiger partial charge >= 0.3 is 0 Å². The molecule has 7 nitrogen and oxygen atoms in total. The van der Waals surface area contributed by atoms with Gasteiger partial charge in [-0.05, 0) is 53.5 Å². The van der Waals surface area contributed by atoms with Crippen LogP contribution in [0.4, 0.5) is 5.69 Å². The number of sulfonamides is 1. The van der Waals surface area contributed by atoms with Crippen molar-refractivity contribution in [3.05, 3.63) is 81.1 Å². The van der Waals surface area contributed by atoms with E-state index in [1.807, 2.05) is 0 Å². The highest BCUT2D eigenvalue weighted by atomic mass is 35.5. The van der Waals surface area contributed by atoms with Crippen LogP contribution < -0.4 is 10.0 Å². The Labute approximate surface area is 202 Å². The van der Waals surface area contributed by atoms with Gasteiger partial charge in [-0.1, -0.05) is 40.9 Å². The second-order valence-corrected chi connectivity index (χ2v) is 10.3. The Balaban J connectivity index is 1.62. The van der Waals surface area contributed by atoms with Crippen LogP contribution in [0.15, 0.2) is 59.9 Å². The van der Waals surface area contributed by atoms with Gasteiger partial charge in [0.15, 0.2) is 5.03 Å². The molecule has 0 unspecified atom stereocenters. The van der Waals surface area contributed by atoms with Gasteiger partial charge in [0.25, 0.3) is 15.9 Å². The summed E-state index contributed by atoms with van der Waals surface area (Å²) < 4.78 is 33.2. The van der Waals surface area contributed by atoms with Crippen LogP contribution in [0.25, 0.3) is 10.1 Å². The van der Waals surface area contributed by atoms with Crippen molar-refractivity contribution in [3.63, 3.8) is 0 Å². The maximum atomic E-state index is 13.0. The van der Waals surface area contributed by atoms with Crippen molar-refractivity contribution in [1.29, 1.82) is 0 Å². The number of pyridine rings is 1. The fourth-order valence-corrected chi connectivity index (χ4v) is 5.48. The highest BCUT2D eigenvalue weighted by Crippen LogP contribution is 2.28. The number of anilines is 1. The Morgan fingerprint density at radius 2 is 1.78 bits per heavy atom. The molecule has 2 N–H and O–H groups in total. The summed E-state index contributed by atoms with van der Waals surface area (Å²) in [6.07, 6.45) is 2.83. The van der Waals surface area contributed by atoms with Gasteiger partial charge in [0.05, 0.1) is 27.5 Å². The molecule has 0 saturated carbocycles. The van der Waals surface area contributed by atoms with Crippen LogP contribution in [-0.4, -0.2) is 23.7 Å². The highest BCUT2D eigenvalue weighted by Gasteiger charge is 2.23. The van der Waals surface area contributed by atoms with Crippen molar-refractivity contribution in [2.24, 2.45) is 0 Å². The fourth-order valence-electron chi connectivity index (χ4n) is 2.91. The molecule has 0 fully saturated rings. The SMILES string of the molecule is O=C(NCc1ccc(Cl)cc1Cl)c1cc(Cl)ccc1NS(=O)(=O)c1nccc2sncc12. The predicted octanol–water partition coefficient (Wildman–Crippen LogP) is 5.38. The molecule has 2 aromatic heterocycles. The first-order valence-electron chi connectivity index (χ1n) is 8.98. The van der Waals surface area contributed by atoms with Crippen molar-refractivity contribution >= 4 is 78.0 Å². The van der Waals surface area contributed by atoms with Gasteiger partial charge in [0.1, 0.15) is 0 Å². The number of benzene rings is 2. The van der Waals surface area contributed by atoms with Crippen molar-refractivity contribution < 1.29 is 13.2 Å². The number of nitrogens with zero attached hydrogens (tertiary/aromatic N) is 2. The summed E-state index contributed by atoms with van der Waals surface area (Å²) >= 11 is 19.3. The number of carbonyl (C=O) groups excluding carboxylic acids is 1. The van der Waals surface area contributed by atoms with Crippen LogP contribution in [0, 0.1) is 0 Å². The zero-order valence-electron chi connectivity index (χ0n) is 16.0. The lowest BCUT2D eigenvalue weighted by molar-refractivity contribution is 0.0952. The molecule has 0 aliphatic rings. The number of hydrogen-bond acceptors (Lipinski definition) is 6. The molecule has 164 valence electrons. The molecule has 0 aliphatic heterocycles. The Hall–Kier alpha value is -2.43. The second kappa shape index (κ2) is 9.21. The average molecular weight is 528 g/mol.